The molecule has 0 atom stereocenters. The second kappa shape index (κ2) is 9.64. The van der Waals surface area contributed by atoms with Gasteiger partial charge in [0.1, 0.15) is 5.75 Å². The van der Waals surface area contributed by atoms with Crippen molar-refractivity contribution >= 4 is 34.6 Å². The van der Waals surface area contributed by atoms with Crippen LogP contribution in [0.2, 0.25) is 0 Å². The van der Waals surface area contributed by atoms with Gasteiger partial charge < -0.3 is 9.84 Å². The highest BCUT2D eigenvalue weighted by Crippen LogP contribution is 2.36. The molecule has 0 unspecified atom stereocenters. The smallest absolute Gasteiger partial charge is 0.271 e. The highest BCUT2D eigenvalue weighted by molar-refractivity contribution is 8.19. The van der Waals surface area contributed by atoms with Crippen LogP contribution >= 0.6 is 11.8 Å². The molecule has 0 radical (unpaired) electrons. The van der Waals surface area contributed by atoms with Gasteiger partial charge in [-0.1, -0.05) is 54.6 Å². The number of methoxy groups -OCH3 is 1. The van der Waals surface area contributed by atoms with Gasteiger partial charge in [0.05, 0.1) is 30.9 Å². The van der Waals surface area contributed by atoms with Crippen molar-refractivity contribution in [1.82, 2.24) is 0 Å². The number of aliphatic hydroxyl groups is 1. The number of hydrogen-bond donors (Lipinski definition) is 1. The van der Waals surface area contributed by atoms with E-state index in [0.717, 1.165) is 28.1 Å². The van der Waals surface area contributed by atoms with Gasteiger partial charge in [0.25, 0.3) is 5.91 Å². The molecule has 0 aliphatic carbocycles. The molecule has 3 aromatic carbocycles. The number of ether oxygens (including phenoxy) is 1. The van der Waals surface area contributed by atoms with E-state index >= 15 is 0 Å². The number of amidine groups is 1. The monoisotopic (exact) mass is 430 g/mol. The summed E-state index contributed by atoms with van der Waals surface area (Å²) in [6, 6.07) is 24.8. The zero-order valence-corrected chi connectivity index (χ0v) is 17.9. The molecule has 156 valence electrons. The predicted octanol–water partition coefficient (Wildman–Crippen LogP) is 4.86. The van der Waals surface area contributed by atoms with E-state index in [-0.39, 0.29) is 12.5 Å². The first kappa shape index (κ1) is 20.9. The SMILES string of the molecule is COc1ccc(C/N=C2\S/C(=C\c3ccc(CO)cc3)C(=O)N2c2ccccc2)cc1. The number of rotatable bonds is 6. The Kier molecular flexibility index (Phi) is 6.50. The largest absolute Gasteiger partial charge is 0.497 e. The van der Waals surface area contributed by atoms with Crippen LogP contribution in [0.3, 0.4) is 0 Å². The molecule has 1 saturated heterocycles. The maximum Gasteiger partial charge on any atom is 0.271 e. The minimum Gasteiger partial charge on any atom is -0.497 e. The zero-order chi connectivity index (χ0) is 21.6. The van der Waals surface area contributed by atoms with E-state index in [4.69, 9.17) is 9.73 Å². The molecule has 1 aliphatic rings. The lowest BCUT2D eigenvalue weighted by atomic mass is 10.1. The van der Waals surface area contributed by atoms with E-state index in [1.807, 2.05) is 84.9 Å². The summed E-state index contributed by atoms with van der Waals surface area (Å²) in [6.07, 6.45) is 1.86. The molecule has 1 N–H and O–H groups in total. The zero-order valence-electron chi connectivity index (χ0n) is 17.1. The molecule has 5 nitrogen and oxygen atoms in total. The van der Waals surface area contributed by atoms with E-state index in [1.54, 1.807) is 12.0 Å². The van der Waals surface area contributed by atoms with Crippen LogP contribution in [0, 0.1) is 0 Å². The summed E-state index contributed by atoms with van der Waals surface area (Å²) < 4.78 is 5.21. The van der Waals surface area contributed by atoms with Gasteiger partial charge in [-0.2, -0.15) is 0 Å². The van der Waals surface area contributed by atoms with Crippen LogP contribution in [0.1, 0.15) is 16.7 Å². The first-order valence-electron chi connectivity index (χ1n) is 9.84. The number of carbonyl (C=O) groups excluding carboxylic acids is 1. The summed E-state index contributed by atoms with van der Waals surface area (Å²) in [6.45, 7) is 0.454. The summed E-state index contributed by atoms with van der Waals surface area (Å²) in [5, 5.41) is 9.87. The molecule has 1 heterocycles. The number of nitrogens with zero attached hydrogens (tertiary/aromatic N) is 2. The normalized spacial score (nSPS) is 16.3. The van der Waals surface area contributed by atoms with Crippen molar-refractivity contribution in [3.8, 4) is 5.75 Å². The van der Waals surface area contributed by atoms with Gasteiger partial charge in [0.2, 0.25) is 0 Å². The van der Waals surface area contributed by atoms with Crippen LogP contribution in [0.15, 0.2) is 88.8 Å². The van der Waals surface area contributed by atoms with Gasteiger partial charge in [0.15, 0.2) is 5.17 Å². The molecule has 6 heteroatoms. The van der Waals surface area contributed by atoms with E-state index in [9.17, 15) is 9.90 Å². The summed E-state index contributed by atoms with van der Waals surface area (Å²) in [4.78, 5) is 20.2. The van der Waals surface area contributed by atoms with Crippen LogP contribution in [-0.2, 0) is 17.9 Å². The number of carbonyl (C=O) groups is 1. The lowest BCUT2D eigenvalue weighted by molar-refractivity contribution is -0.113. The Balaban J connectivity index is 1.64. The Bertz CT molecular complexity index is 1110. The van der Waals surface area contributed by atoms with E-state index < -0.39 is 0 Å². The molecule has 1 aliphatic heterocycles. The van der Waals surface area contributed by atoms with Crippen LogP contribution in [0.4, 0.5) is 5.69 Å². The molecular weight excluding hydrogens is 408 g/mol. The summed E-state index contributed by atoms with van der Waals surface area (Å²) >= 11 is 1.37. The number of para-hydroxylation sites is 1. The molecule has 4 rings (SSSR count). The highest BCUT2D eigenvalue weighted by Gasteiger charge is 2.34. The molecule has 0 aromatic heterocycles. The van der Waals surface area contributed by atoms with Crippen molar-refractivity contribution in [2.75, 3.05) is 12.0 Å². The fourth-order valence-electron chi connectivity index (χ4n) is 3.14. The molecule has 0 saturated carbocycles. The molecule has 1 amide bonds. The average molecular weight is 431 g/mol. The third kappa shape index (κ3) is 4.87. The quantitative estimate of drug-likeness (QED) is 0.567. The second-order valence-electron chi connectivity index (χ2n) is 6.93. The van der Waals surface area contributed by atoms with Gasteiger partial charge in [-0.05, 0) is 58.8 Å². The van der Waals surface area contributed by atoms with Crippen LogP contribution in [0.5, 0.6) is 5.75 Å². The maximum atomic E-state index is 13.2. The summed E-state index contributed by atoms with van der Waals surface area (Å²) in [5.74, 6) is 0.695. The molecular formula is C25H22N2O3S. The first-order valence-corrected chi connectivity index (χ1v) is 10.7. The van der Waals surface area contributed by atoms with Crippen molar-refractivity contribution in [2.24, 2.45) is 4.99 Å². The van der Waals surface area contributed by atoms with Crippen LogP contribution in [-0.4, -0.2) is 23.3 Å². The predicted molar refractivity (Wildman–Crippen MR) is 126 cm³/mol. The lowest BCUT2D eigenvalue weighted by Crippen LogP contribution is -2.28. The highest BCUT2D eigenvalue weighted by atomic mass is 32.2. The first-order chi connectivity index (χ1) is 15.2. The standard InChI is InChI=1S/C25H22N2O3S/c1-30-22-13-11-19(12-14-22)16-26-25-27(21-5-3-2-4-6-21)24(29)23(31-25)15-18-7-9-20(17-28)10-8-18/h2-15,28H,16-17H2,1H3/b23-15-,26-25-. The average Bonchev–Trinajstić information content (AvgIpc) is 3.14. The number of benzene rings is 3. The number of anilines is 1. The van der Waals surface area contributed by atoms with E-state index in [2.05, 4.69) is 0 Å². The lowest BCUT2D eigenvalue weighted by Gasteiger charge is -2.15. The Morgan fingerprint density at radius 1 is 0.968 bits per heavy atom. The van der Waals surface area contributed by atoms with Crippen molar-refractivity contribution in [3.63, 3.8) is 0 Å². The van der Waals surface area contributed by atoms with Crippen LogP contribution < -0.4 is 9.64 Å². The van der Waals surface area contributed by atoms with Crippen molar-refractivity contribution in [1.29, 1.82) is 0 Å². The van der Waals surface area contributed by atoms with Gasteiger partial charge in [-0.25, -0.2) is 0 Å². The molecule has 31 heavy (non-hydrogen) atoms. The third-order valence-electron chi connectivity index (χ3n) is 4.84. The van der Waals surface area contributed by atoms with Gasteiger partial charge in [-0.3, -0.25) is 14.7 Å². The number of aliphatic hydroxyl groups excluding tert-OH is 1. The van der Waals surface area contributed by atoms with Crippen LogP contribution in [0.25, 0.3) is 6.08 Å². The maximum absolute atomic E-state index is 13.2. The topological polar surface area (TPSA) is 62.1 Å². The Hall–Kier alpha value is -3.35. The summed E-state index contributed by atoms with van der Waals surface area (Å²) in [5.41, 5.74) is 3.55. The minimum atomic E-state index is -0.101. The third-order valence-corrected chi connectivity index (χ3v) is 5.84. The Morgan fingerprint density at radius 2 is 1.65 bits per heavy atom. The van der Waals surface area contributed by atoms with E-state index in [0.29, 0.717) is 16.6 Å². The van der Waals surface area contributed by atoms with E-state index in [1.165, 1.54) is 11.8 Å². The number of aliphatic imine (C=N–C) groups is 1. The number of thioether (sulfide) groups is 1. The van der Waals surface area contributed by atoms with Crippen molar-refractivity contribution < 1.29 is 14.6 Å². The minimum absolute atomic E-state index is 0.00547. The Morgan fingerprint density at radius 3 is 2.29 bits per heavy atom. The molecule has 0 bridgehead atoms. The number of amides is 1. The second-order valence-corrected chi connectivity index (χ2v) is 7.94. The van der Waals surface area contributed by atoms with Gasteiger partial charge in [-0.15, -0.1) is 0 Å². The fourth-order valence-corrected chi connectivity index (χ4v) is 4.12. The van der Waals surface area contributed by atoms with Crippen molar-refractivity contribution in [2.45, 2.75) is 13.2 Å². The fraction of sp³-hybridized carbons (Fsp3) is 0.120. The molecule has 1 fully saturated rings. The molecule has 0 spiro atoms. The van der Waals surface area contributed by atoms with Gasteiger partial charge >= 0.3 is 0 Å². The van der Waals surface area contributed by atoms with Crippen molar-refractivity contribution in [3.05, 3.63) is 100 Å². The van der Waals surface area contributed by atoms with Gasteiger partial charge in [0, 0.05) is 0 Å². The molecule has 3 aromatic rings. The summed E-state index contributed by atoms with van der Waals surface area (Å²) in [7, 11) is 1.64. The number of hydrogen-bond acceptors (Lipinski definition) is 5. The Labute approximate surface area is 185 Å².